The van der Waals surface area contributed by atoms with Crippen LogP contribution in [-0.2, 0) is 14.6 Å². The number of halogens is 2. The number of benzene rings is 2. The highest BCUT2D eigenvalue weighted by Crippen LogP contribution is 2.37. The Bertz CT molecular complexity index is 1090. The summed E-state index contributed by atoms with van der Waals surface area (Å²) in [6.45, 7) is 1.81. The van der Waals surface area contributed by atoms with E-state index in [9.17, 15) is 12.8 Å². The van der Waals surface area contributed by atoms with E-state index < -0.39 is 15.7 Å². The number of morpholine rings is 1. The van der Waals surface area contributed by atoms with Gasteiger partial charge in [0.05, 0.1) is 28.7 Å². The maximum atomic E-state index is 13.3. The van der Waals surface area contributed by atoms with Crippen molar-refractivity contribution >= 4 is 27.3 Å². The average molecular weight is 423 g/mol. The lowest BCUT2D eigenvalue weighted by molar-refractivity contribution is 0.120. The van der Waals surface area contributed by atoms with Gasteiger partial charge in [-0.2, -0.15) is 4.98 Å². The average Bonchev–Trinajstić information content (AvgIpc) is 3.15. The molecule has 1 saturated heterocycles. The lowest BCUT2D eigenvalue weighted by atomic mass is 10.2. The Hall–Kier alpha value is -2.42. The number of ether oxygens (including phenoxy) is 1. The highest BCUT2D eigenvalue weighted by Gasteiger charge is 2.32. The van der Waals surface area contributed by atoms with E-state index in [1.54, 1.807) is 29.2 Å². The molecule has 0 radical (unpaired) electrons. The first-order valence-corrected chi connectivity index (χ1v) is 10.4. The molecule has 4 rings (SSSR count). The van der Waals surface area contributed by atoms with Gasteiger partial charge >= 0.3 is 0 Å². The molecule has 0 atom stereocenters. The molecule has 9 heteroatoms. The van der Waals surface area contributed by atoms with Crippen molar-refractivity contribution < 1.29 is 22.0 Å². The summed E-state index contributed by atoms with van der Waals surface area (Å²) < 4.78 is 50.9. The van der Waals surface area contributed by atoms with Gasteiger partial charge in [-0.15, -0.1) is 0 Å². The molecule has 2 heterocycles. The first-order valence-electron chi connectivity index (χ1n) is 8.56. The molecule has 2 aromatic carbocycles. The lowest BCUT2D eigenvalue weighted by Crippen LogP contribution is -2.36. The largest absolute Gasteiger partial charge is 0.419 e. The van der Waals surface area contributed by atoms with E-state index in [0.29, 0.717) is 36.9 Å². The van der Waals surface area contributed by atoms with Gasteiger partial charge in [-0.25, -0.2) is 12.8 Å². The van der Waals surface area contributed by atoms with Crippen LogP contribution in [0.15, 0.2) is 62.9 Å². The van der Waals surface area contributed by atoms with Gasteiger partial charge < -0.3 is 14.1 Å². The fourth-order valence-electron chi connectivity index (χ4n) is 2.91. The smallest absolute Gasteiger partial charge is 0.236 e. The fourth-order valence-corrected chi connectivity index (χ4v) is 4.45. The zero-order valence-corrected chi connectivity index (χ0v) is 16.2. The predicted octanol–water partition coefficient (Wildman–Crippen LogP) is 3.80. The Kier molecular flexibility index (Phi) is 5.09. The van der Waals surface area contributed by atoms with Crippen LogP contribution in [0.2, 0.25) is 5.02 Å². The van der Waals surface area contributed by atoms with E-state index in [0.717, 1.165) is 12.1 Å². The summed E-state index contributed by atoms with van der Waals surface area (Å²) in [7, 11) is -4.03. The van der Waals surface area contributed by atoms with Gasteiger partial charge in [0.2, 0.25) is 26.6 Å². The predicted molar refractivity (Wildman–Crippen MR) is 102 cm³/mol. The van der Waals surface area contributed by atoms with Crippen LogP contribution in [0.1, 0.15) is 0 Å². The van der Waals surface area contributed by atoms with Crippen molar-refractivity contribution in [2.75, 3.05) is 31.2 Å². The number of hydrogen-bond acceptors (Lipinski definition) is 6. The first-order chi connectivity index (χ1) is 13.5. The second-order valence-corrected chi connectivity index (χ2v) is 8.44. The Morgan fingerprint density at radius 3 is 2.39 bits per heavy atom. The molecule has 0 amide bonds. The van der Waals surface area contributed by atoms with Crippen LogP contribution in [0.25, 0.3) is 11.5 Å². The highest BCUT2D eigenvalue weighted by molar-refractivity contribution is 7.91. The van der Waals surface area contributed by atoms with E-state index >= 15 is 0 Å². The summed E-state index contributed by atoms with van der Waals surface area (Å²) in [6, 6.07) is 11.5. The van der Waals surface area contributed by atoms with Gasteiger partial charge in [0, 0.05) is 13.1 Å². The van der Waals surface area contributed by atoms with Gasteiger partial charge in [-0.1, -0.05) is 23.7 Å². The quantitative estimate of drug-likeness (QED) is 0.595. The zero-order valence-electron chi connectivity index (χ0n) is 14.6. The van der Waals surface area contributed by atoms with Crippen LogP contribution in [0.5, 0.6) is 0 Å². The molecule has 0 aliphatic carbocycles. The van der Waals surface area contributed by atoms with Crippen LogP contribution in [-0.4, -0.2) is 39.7 Å². The second kappa shape index (κ2) is 7.54. The zero-order chi connectivity index (χ0) is 19.7. The van der Waals surface area contributed by atoms with Crippen molar-refractivity contribution in [3.63, 3.8) is 0 Å². The lowest BCUT2D eigenvalue weighted by Gasteiger charge is -2.26. The molecular weight excluding hydrogens is 407 g/mol. The number of sulfone groups is 1. The maximum Gasteiger partial charge on any atom is 0.236 e. The fraction of sp³-hybridized carbons (Fsp3) is 0.211. The third kappa shape index (κ3) is 3.50. The number of aromatic nitrogens is 1. The van der Waals surface area contributed by atoms with Crippen molar-refractivity contribution in [1.82, 2.24) is 4.98 Å². The maximum absolute atomic E-state index is 13.3. The summed E-state index contributed by atoms with van der Waals surface area (Å²) in [5.74, 6) is -0.292. The molecule has 1 aromatic heterocycles. The molecular formula is C19H16ClFN2O4S. The number of oxazole rings is 1. The monoisotopic (exact) mass is 422 g/mol. The summed E-state index contributed by atoms with van der Waals surface area (Å²) in [6.07, 6.45) is 0. The Morgan fingerprint density at radius 2 is 1.71 bits per heavy atom. The van der Waals surface area contributed by atoms with E-state index in [4.69, 9.17) is 20.8 Å². The third-order valence-electron chi connectivity index (χ3n) is 4.36. The molecule has 0 bridgehead atoms. The minimum absolute atomic E-state index is 0.0672. The minimum Gasteiger partial charge on any atom is -0.419 e. The SMILES string of the molecule is O=S(=O)(c1ccc(F)cc1)c1nc(-c2ccccc2Cl)oc1N1CCOCC1. The van der Waals surface area contributed by atoms with Gasteiger partial charge in [0.15, 0.2) is 0 Å². The van der Waals surface area contributed by atoms with Crippen molar-refractivity contribution in [2.45, 2.75) is 9.92 Å². The van der Waals surface area contributed by atoms with Crippen molar-refractivity contribution in [1.29, 1.82) is 0 Å². The molecule has 1 fully saturated rings. The highest BCUT2D eigenvalue weighted by atomic mass is 35.5. The van der Waals surface area contributed by atoms with E-state index in [1.165, 1.54) is 12.1 Å². The summed E-state index contributed by atoms with van der Waals surface area (Å²) in [5, 5.41) is 0.166. The molecule has 6 nitrogen and oxygen atoms in total. The van der Waals surface area contributed by atoms with E-state index in [1.807, 2.05) is 0 Å². The molecule has 0 unspecified atom stereocenters. The van der Waals surface area contributed by atoms with Gasteiger partial charge in [0.1, 0.15) is 5.82 Å². The van der Waals surface area contributed by atoms with Gasteiger partial charge in [-0.3, -0.25) is 0 Å². The molecule has 0 saturated carbocycles. The number of anilines is 1. The van der Waals surface area contributed by atoms with Crippen LogP contribution >= 0.6 is 11.6 Å². The van der Waals surface area contributed by atoms with Crippen molar-refractivity contribution in [3.05, 3.63) is 59.4 Å². The van der Waals surface area contributed by atoms with Crippen LogP contribution in [0.3, 0.4) is 0 Å². The topological polar surface area (TPSA) is 72.6 Å². The summed E-state index contributed by atoms with van der Waals surface area (Å²) in [4.78, 5) is 5.98. The molecule has 0 spiro atoms. The van der Waals surface area contributed by atoms with Crippen molar-refractivity contribution in [3.8, 4) is 11.5 Å². The van der Waals surface area contributed by atoms with Gasteiger partial charge in [0.25, 0.3) is 0 Å². The number of rotatable bonds is 4. The Labute approximate surface area is 166 Å². The Morgan fingerprint density at radius 1 is 1.04 bits per heavy atom. The summed E-state index contributed by atoms with van der Waals surface area (Å²) in [5.41, 5.74) is 0.485. The van der Waals surface area contributed by atoms with Gasteiger partial charge in [-0.05, 0) is 36.4 Å². The summed E-state index contributed by atoms with van der Waals surface area (Å²) >= 11 is 6.23. The Balaban J connectivity index is 1.87. The standard InChI is InChI=1S/C19H16ClFN2O4S/c20-16-4-2-1-3-15(16)17-22-18(19(27-17)23-9-11-26-12-10-23)28(24,25)14-7-5-13(21)6-8-14/h1-8H,9-12H2. The second-order valence-electron chi connectivity index (χ2n) is 6.17. The van der Waals surface area contributed by atoms with E-state index in [2.05, 4.69) is 4.98 Å². The minimum atomic E-state index is -4.03. The molecule has 146 valence electrons. The van der Waals surface area contributed by atoms with Crippen LogP contribution in [0.4, 0.5) is 10.3 Å². The molecule has 3 aromatic rings. The van der Waals surface area contributed by atoms with Crippen LogP contribution in [0, 0.1) is 5.82 Å². The molecule has 1 aliphatic rings. The number of hydrogen-bond donors (Lipinski definition) is 0. The molecule has 0 N–H and O–H groups in total. The normalized spacial score (nSPS) is 15.0. The van der Waals surface area contributed by atoms with E-state index in [-0.39, 0.29) is 21.7 Å². The van der Waals surface area contributed by atoms with Crippen molar-refractivity contribution in [2.24, 2.45) is 0 Å². The molecule has 1 aliphatic heterocycles. The molecule has 28 heavy (non-hydrogen) atoms. The number of nitrogens with zero attached hydrogens (tertiary/aromatic N) is 2. The third-order valence-corrected chi connectivity index (χ3v) is 6.36. The van der Waals surface area contributed by atoms with Crippen LogP contribution < -0.4 is 4.90 Å². The first kappa shape index (κ1) is 18.9.